The number of carbonyl (C=O) groups is 1. The van der Waals surface area contributed by atoms with Gasteiger partial charge in [-0.3, -0.25) is 4.79 Å². The molecule has 0 fully saturated rings. The van der Waals surface area contributed by atoms with Crippen molar-refractivity contribution >= 4 is 44.6 Å². The monoisotopic (exact) mass is 343 g/mol. The van der Waals surface area contributed by atoms with Crippen LogP contribution in [0.15, 0.2) is 47.4 Å². The highest BCUT2D eigenvalue weighted by Crippen LogP contribution is 2.25. The number of benzene rings is 2. The number of anilines is 1. The molecule has 2 rings (SSSR count). The van der Waals surface area contributed by atoms with Gasteiger partial charge in [0.1, 0.15) is 0 Å². The molecule has 21 heavy (non-hydrogen) atoms. The SMILES string of the molecule is CS(=O)(=O)c1cccc(C(=O)Nc2ccc(Cl)c(Cl)c2)c1. The van der Waals surface area contributed by atoms with Crippen molar-refractivity contribution in [2.75, 3.05) is 11.6 Å². The highest BCUT2D eigenvalue weighted by atomic mass is 35.5. The van der Waals surface area contributed by atoms with E-state index in [2.05, 4.69) is 5.32 Å². The zero-order valence-corrected chi connectivity index (χ0v) is 13.3. The number of amides is 1. The Morgan fingerprint density at radius 3 is 2.38 bits per heavy atom. The van der Waals surface area contributed by atoms with Gasteiger partial charge in [0.05, 0.1) is 14.9 Å². The fourth-order valence-corrected chi connectivity index (χ4v) is 2.61. The van der Waals surface area contributed by atoms with Crippen molar-refractivity contribution in [3.05, 3.63) is 58.1 Å². The number of halogens is 2. The van der Waals surface area contributed by atoms with E-state index in [0.29, 0.717) is 15.7 Å². The number of carbonyl (C=O) groups excluding carboxylic acids is 1. The fraction of sp³-hybridized carbons (Fsp3) is 0.0714. The molecule has 1 N–H and O–H groups in total. The summed E-state index contributed by atoms with van der Waals surface area (Å²) in [5, 5.41) is 3.33. The molecule has 4 nitrogen and oxygen atoms in total. The largest absolute Gasteiger partial charge is 0.322 e. The lowest BCUT2D eigenvalue weighted by molar-refractivity contribution is 0.102. The average Bonchev–Trinajstić information content (AvgIpc) is 2.42. The third-order valence-corrected chi connectivity index (χ3v) is 4.55. The molecule has 0 unspecified atom stereocenters. The van der Waals surface area contributed by atoms with E-state index in [9.17, 15) is 13.2 Å². The molecular formula is C14H11Cl2NO3S. The summed E-state index contributed by atoms with van der Waals surface area (Å²) >= 11 is 11.7. The summed E-state index contributed by atoms with van der Waals surface area (Å²) in [5.74, 6) is -0.432. The summed E-state index contributed by atoms with van der Waals surface area (Å²) in [7, 11) is -3.36. The van der Waals surface area contributed by atoms with Gasteiger partial charge in [-0.15, -0.1) is 0 Å². The van der Waals surface area contributed by atoms with E-state index < -0.39 is 15.7 Å². The lowest BCUT2D eigenvalue weighted by atomic mass is 10.2. The summed E-state index contributed by atoms with van der Waals surface area (Å²) in [6, 6.07) is 10.5. The molecule has 0 radical (unpaired) electrons. The molecule has 0 heterocycles. The van der Waals surface area contributed by atoms with Gasteiger partial charge in [-0.25, -0.2) is 8.42 Å². The summed E-state index contributed by atoms with van der Waals surface area (Å²) in [4.78, 5) is 12.2. The highest BCUT2D eigenvalue weighted by molar-refractivity contribution is 7.90. The van der Waals surface area contributed by atoms with E-state index >= 15 is 0 Å². The van der Waals surface area contributed by atoms with Crippen LogP contribution in [-0.4, -0.2) is 20.6 Å². The van der Waals surface area contributed by atoms with Crippen molar-refractivity contribution in [3.8, 4) is 0 Å². The van der Waals surface area contributed by atoms with Gasteiger partial charge >= 0.3 is 0 Å². The molecule has 1 amide bonds. The van der Waals surface area contributed by atoms with Crippen LogP contribution in [0.4, 0.5) is 5.69 Å². The zero-order chi connectivity index (χ0) is 15.6. The van der Waals surface area contributed by atoms with Gasteiger partial charge in [0, 0.05) is 17.5 Å². The van der Waals surface area contributed by atoms with Crippen LogP contribution in [0.3, 0.4) is 0 Å². The Balaban J connectivity index is 2.26. The maximum atomic E-state index is 12.1. The normalized spacial score (nSPS) is 11.2. The molecule has 0 saturated carbocycles. The number of hydrogen-bond donors (Lipinski definition) is 1. The van der Waals surface area contributed by atoms with Crippen LogP contribution >= 0.6 is 23.2 Å². The van der Waals surface area contributed by atoms with Crippen LogP contribution in [0.1, 0.15) is 10.4 Å². The van der Waals surface area contributed by atoms with E-state index in [1.807, 2.05) is 0 Å². The summed E-state index contributed by atoms with van der Waals surface area (Å²) in [5.41, 5.74) is 0.711. The predicted molar refractivity (Wildman–Crippen MR) is 84.0 cm³/mol. The third-order valence-electron chi connectivity index (χ3n) is 2.70. The lowest BCUT2D eigenvalue weighted by Gasteiger charge is -2.07. The van der Waals surface area contributed by atoms with Crippen LogP contribution in [-0.2, 0) is 9.84 Å². The highest BCUT2D eigenvalue weighted by Gasteiger charge is 2.12. The Hall–Kier alpha value is -1.56. The molecule has 0 saturated heterocycles. The average molecular weight is 344 g/mol. The molecule has 0 spiro atoms. The third kappa shape index (κ3) is 3.97. The number of sulfone groups is 1. The molecular weight excluding hydrogens is 333 g/mol. The van der Waals surface area contributed by atoms with Crippen LogP contribution in [0.5, 0.6) is 0 Å². The Morgan fingerprint density at radius 2 is 1.76 bits per heavy atom. The van der Waals surface area contributed by atoms with Crippen LogP contribution < -0.4 is 5.32 Å². The molecule has 0 aliphatic carbocycles. The maximum Gasteiger partial charge on any atom is 0.255 e. The van der Waals surface area contributed by atoms with E-state index in [4.69, 9.17) is 23.2 Å². The van der Waals surface area contributed by atoms with Crippen molar-refractivity contribution in [2.24, 2.45) is 0 Å². The first-order valence-electron chi connectivity index (χ1n) is 5.84. The number of hydrogen-bond acceptors (Lipinski definition) is 3. The molecule has 0 aliphatic heterocycles. The second kappa shape index (κ2) is 6.05. The Morgan fingerprint density at radius 1 is 1.05 bits per heavy atom. The predicted octanol–water partition coefficient (Wildman–Crippen LogP) is 3.65. The number of rotatable bonds is 3. The Labute approximate surface area is 132 Å². The Bertz CT molecular complexity index is 804. The minimum atomic E-state index is -3.36. The van der Waals surface area contributed by atoms with Crippen molar-refractivity contribution < 1.29 is 13.2 Å². The molecule has 0 bridgehead atoms. The molecule has 0 atom stereocenters. The van der Waals surface area contributed by atoms with Crippen LogP contribution in [0.2, 0.25) is 10.0 Å². The van der Waals surface area contributed by atoms with Crippen molar-refractivity contribution in [1.29, 1.82) is 0 Å². The topological polar surface area (TPSA) is 63.2 Å². The summed E-state index contributed by atoms with van der Waals surface area (Å²) in [6.45, 7) is 0. The molecule has 7 heteroatoms. The van der Waals surface area contributed by atoms with Gasteiger partial charge in [0.15, 0.2) is 9.84 Å². The van der Waals surface area contributed by atoms with Gasteiger partial charge in [-0.1, -0.05) is 29.3 Å². The van der Waals surface area contributed by atoms with Crippen LogP contribution in [0, 0.1) is 0 Å². The Kier molecular flexibility index (Phi) is 4.56. The van der Waals surface area contributed by atoms with Gasteiger partial charge in [-0.2, -0.15) is 0 Å². The van der Waals surface area contributed by atoms with Crippen molar-refractivity contribution in [3.63, 3.8) is 0 Å². The smallest absolute Gasteiger partial charge is 0.255 e. The quantitative estimate of drug-likeness (QED) is 0.924. The molecule has 2 aromatic carbocycles. The maximum absolute atomic E-state index is 12.1. The van der Waals surface area contributed by atoms with E-state index in [-0.39, 0.29) is 10.5 Å². The zero-order valence-electron chi connectivity index (χ0n) is 10.9. The van der Waals surface area contributed by atoms with Gasteiger partial charge < -0.3 is 5.32 Å². The molecule has 0 aliphatic rings. The van der Waals surface area contributed by atoms with Crippen molar-refractivity contribution in [2.45, 2.75) is 4.90 Å². The molecule has 0 aromatic heterocycles. The molecule has 2 aromatic rings. The lowest BCUT2D eigenvalue weighted by Crippen LogP contribution is -2.12. The first-order chi connectivity index (χ1) is 9.77. The van der Waals surface area contributed by atoms with Gasteiger partial charge in [0.25, 0.3) is 5.91 Å². The minimum Gasteiger partial charge on any atom is -0.322 e. The first-order valence-corrected chi connectivity index (χ1v) is 8.48. The van der Waals surface area contributed by atoms with Crippen molar-refractivity contribution in [1.82, 2.24) is 0 Å². The first kappa shape index (κ1) is 15.8. The minimum absolute atomic E-state index is 0.0873. The van der Waals surface area contributed by atoms with Crippen LogP contribution in [0.25, 0.3) is 0 Å². The fourth-order valence-electron chi connectivity index (χ4n) is 1.65. The van der Waals surface area contributed by atoms with E-state index in [1.165, 1.54) is 30.3 Å². The standard InChI is InChI=1S/C14H11Cl2NO3S/c1-21(19,20)11-4-2-3-9(7-11)14(18)17-10-5-6-12(15)13(16)8-10/h2-8H,1H3,(H,17,18). The number of nitrogens with one attached hydrogen (secondary N) is 1. The summed E-state index contributed by atoms with van der Waals surface area (Å²) in [6.07, 6.45) is 1.09. The van der Waals surface area contributed by atoms with Gasteiger partial charge in [0.2, 0.25) is 0 Å². The second-order valence-electron chi connectivity index (χ2n) is 4.38. The van der Waals surface area contributed by atoms with E-state index in [1.54, 1.807) is 12.1 Å². The summed E-state index contributed by atoms with van der Waals surface area (Å²) < 4.78 is 23.0. The van der Waals surface area contributed by atoms with Gasteiger partial charge in [-0.05, 0) is 36.4 Å². The van der Waals surface area contributed by atoms with E-state index in [0.717, 1.165) is 6.26 Å². The second-order valence-corrected chi connectivity index (χ2v) is 7.21. The molecule has 110 valence electrons.